The number of benzene rings is 6. The molecule has 1 aromatic heterocycles. The van der Waals surface area contributed by atoms with Crippen molar-refractivity contribution in [1.82, 2.24) is 4.57 Å². The van der Waals surface area contributed by atoms with Crippen LogP contribution in [0.5, 0.6) is 0 Å². The van der Waals surface area contributed by atoms with E-state index in [9.17, 15) is 0 Å². The van der Waals surface area contributed by atoms with Crippen LogP contribution in [0.25, 0.3) is 38.5 Å². The normalized spacial score (nSPS) is 15.1. The second-order valence-electron chi connectivity index (χ2n) is 14.3. The van der Waals surface area contributed by atoms with Gasteiger partial charge in [0, 0.05) is 23.7 Å². The Balaban J connectivity index is 1.30. The highest BCUT2D eigenvalue weighted by atomic mass is 28.3. The van der Waals surface area contributed by atoms with E-state index in [1.807, 2.05) is 19.2 Å². The lowest BCUT2D eigenvalue weighted by Gasteiger charge is -2.33. The molecule has 0 amide bonds. The molecule has 0 radical (unpaired) electrons. The third kappa shape index (κ3) is 7.17. The second kappa shape index (κ2) is 16.9. The van der Waals surface area contributed by atoms with E-state index in [0.717, 1.165) is 40.1 Å². The van der Waals surface area contributed by atoms with Crippen molar-refractivity contribution in [1.29, 1.82) is 0 Å². The number of fused-ring (bicyclic) bond motifs is 3. The maximum absolute atomic E-state index is 4.97. The minimum absolute atomic E-state index is 0.285. The average Bonchev–Trinajstić information content (AvgIpc) is 3.28. The van der Waals surface area contributed by atoms with Gasteiger partial charge in [-0.05, 0) is 62.2 Å². The van der Waals surface area contributed by atoms with E-state index < -0.39 is 8.07 Å². The minimum atomic E-state index is -2.45. The van der Waals surface area contributed by atoms with Crippen molar-refractivity contribution in [2.24, 2.45) is 10.9 Å². The van der Waals surface area contributed by atoms with Crippen LogP contribution < -0.4 is 21.0 Å². The first-order valence-electron chi connectivity index (χ1n) is 19.5. The van der Waals surface area contributed by atoms with Crippen molar-refractivity contribution in [2.75, 3.05) is 7.05 Å². The molecule has 0 N–H and O–H groups in total. The lowest BCUT2D eigenvalue weighted by molar-refractivity contribution is 0.816. The molecule has 0 spiro atoms. The van der Waals surface area contributed by atoms with Crippen LogP contribution in [-0.4, -0.2) is 19.7 Å². The molecule has 6 aromatic carbocycles. The molecule has 2 nitrogen and oxygen atoms in total. The zero-order valence-corrected chi connectivity index (χ0v) is 32.9. The Morgan fingerprint density at radius 1 is 0.661 bits per heavy atom. The Labute approximate surface area is 331 Å². The van der Waals surface area contributed by atoms with Crippen molar-refractivity contribution < 1.29 is 0 Å². The van der Waals surface area contributed by atoms with Gasteiger partial charge in [-0.1, -0.05) is 213 Å². The molecule has 272 valence electrons. The summed E-state index contributed by atoms with van der Waals surface area (Å²) >= 11 is 0. The third-order valence-electron chi connectivity index (χ3n) is 11.0. The van der Waals surface area contributed by atoms with E-state index in [1.165, 1.54) is 37.5 Å². The van der Waals surface area contributed by atoms with Gasteiger partial charge < -0.3 is 0 Å². The van der Waals surface area contributed by atoms with E-state index in [1.54, 1.807) is 0 Å². The van der Waals surface area contributed by atoms with Gasteiger partial charge in [-0.2, -0.15) is 0 Å². The molecule has 0 saturated carbocycles. The molecule has 0 fully saturated rings. The zero-order valence-electron chi connectivity index (χ0n) is 31.9. The fourth-order valence-electron chi connectivity index (χ4n) is 8.29. The van der Waals surface area contributed by atoms with E-state index in [0.29, 0.717) is 0 Å². The predicted octanol–water partition coefficient (Wildman–Crippen LogP) is 10.8. The molecular weight excluding hydrogens is 693 g/mol. The summed E-state index contributed by atoms with van der Waals surface area (Å²) in [6, 6.07) is 59.0. The summed E-state index contributed by atoms with van der Waals surface area (Å²) in [5.74, 6) is 0.285. The van der Waals surface area contributed by atoms with Crippen LogP contribution in [0.4, 0.5) is 0 Å². The van der Waals surface area contributed by atoms with Crippen molar-refractivity contribution in [3.63, 3.8) is 0 Å². The van der Waals surface area contributed by atoms with E-state index in [2.05, 4.69) is 217 Å². The van der Waals surface area contributed by atoms with Gasteiger partial charge in [0.2, 0.25) is 0 Å². The van der Waals surface area contributed by atoms with E-state index >= 15 is 0 Å². The van der Waals surface area contributed by atoms with Gasteiger partial charge in [-0.3, -0.25) is 9.56 Å². The molecule has 3 heteroatoms. The molecule has 8 rings (SSSR count). The quantitative estimate of drug-likeness (QED) is 0.0544. The van der Waals surface area contributed by atoms with Gasteiger partial charge >= 0.3 is 0 Å². The van der Waals surface area contributed by atoms with E-state index in [4.69, 9.17) is 4.99 Å². The van der Waals surface area contributed by atoms with Crippen LogP contribution in [0.3, 0.4) is 0 Å². The first kappa shape index (κ1) is 36.4. The minimum Gasteiger partial charge on any atom is -0.294 e. The average molecular weight is 739 g/mol. The molecule has 0 saturated heterocycles. The Morgan fingerprint density at radius 3 is 1.93 bits per heavy atom. The smallest absolute Gasteiger partial charge is 0.151 e. The summed E-state index contributed by atoms with van der Waals surface area (Å²) in [7, 11) is -0.534. The van der Waals surface area contributed by atoms with E-state index in [-0.39, 0.29) is 5.92 Å². The van der Waals surface area contributed by atoms with Crippen molar-refractivity contribution in [3.05, 3.63) is 236 Å². The summed E-state index contributed by atoms with van der Waals surface area (Å²) in [6.07, 6.45) is 22.6. The maximum atomic E-state index is 4.97. The predicted molar refractivity (Wildman–Crippen MR) is 243 cm³/mol. The molecule has 1 heterocycles. The van der Waals surface area contributed by atoms with Crippen LogP contribution in [0.2, 0.25) is 6.04 Å². The van der Waals surface area contributed by atoms with Crippen LogP contribution in [-0.2, 0) is 0 Å². The van der Waals surface area contributed by atoms with Crippen LogP contribution in [0.1, 0.15) is 12.0 Å². The number of hydrogen-bond donors (Lipinski definition) is 0. The van der Waals surface area contributed by atoms with Gasteiger partial charge in [0.05, 0.1) is 11.2 Å². The molecule has 0 bridgehead atoms. The topological polar surface area (TPSA) is 17.3 Å². The molecule has 1 aliphatic rings. The van der Waals surface area contributed by atoms with Crippen LogP contribution in [0, 0.1) is 5.92 Å². The molecular formula is C53H46N2Si. The highest BCUT2D eigenvalue weighted by molar-refractivity contribution is 7.11. The van der Waals surface area contributed by atoms with Crippen LogP contribution in [0.15, 0.2) is 230 Å². The van der Waals surface area contributed by atoms with Crippen molar-refractivity contribution >= 4 is 51.0 Å². The van der Waals surface area contributed by atoms with Crippen molar-refractivity contribution in [2.45, 2.75) is 12.5 Å². The Morgan fingerprint density at radius 2 is 1.29 bits per heavy atom. The molecule has 56 heavy (non-hydrogen) atoms. The van der Waals surface area contributed by atoms with Gasteiger partial charge in [-0.15, -0.1) is 0 Å². The molecule has 1 aliphatic carbocycles. The zero-order chi connectivity index (χ0) is 38.2. The lowest BCUT2D eigenvalue weighted by atomic mass is 9.96. The van der Waals surface area contributed by atoms with Gasteiger partial charge in [0.1, 0.15) is 5.49 Å². The standard InChI is InChI=1S/C53H46N2Si/c1-3-4-5-6-21-38-56(45-26-15-9-16-27-45,46-28-17-10-18-29-46)47-35-32-42(33-36-47)44-34-37-51-50(40-44)48-30-19-20-31-49(48)53(54-2)55(51)52(43-24-13-8-14-25-43)39-41-22-11-7-12-23-41/h3-22,24-37,39-41H,1,23,38H2,2H3/b5-4-,21-6-,52-39+,54-53-. The lowest BCUT2D eigenvalue weighted by Crippen LogP contribution is -2.66. The number of nitrogens with zero attached hydrogens (tertiary/aromatic N) is 2. The SMILES string of the molecule is C=C/C=C\C=C/C[Si](c1ccccc1)(c1ccccc1)c1ccc(-c2ccc3c(c2)c2ccccc2/c(=N/C)n3/C(=C/C2C=CC=CC2)c2ccccc2)cc1. The Bertz CT molecular complexity index is 2660. The van der Waals surface area contributed by atoms with Gasteiger partial charge in [-0.25, -0.2) is 0 Å². The van der Waals surface area contributed by atoms with Gasteiger partial charge in [0.15, 0.2) is 8.07 Å². The molecule has 1 unspecified atom stereocenters. The summed E-state index contributed by atoms with van der Waals surface area (Å²) in [5.41, 5.74) is 6.77. The number of hydrogen-bond acceptors (Lipinski definition) is 1. The molecule has 7 aromatic rings. The number of pyridine rings is 1. The fraction of sp³-hybridized carbons (Fsp3) is 0.0755. The summed E-state index contributed by atoms with van der Waals surface area (Å²) in [6.45, 7) is 3.84. The van der Waals surface area contributed by atoms with Crippen molar-refractivity contribution in [3.8, 4) is 11.1 Å². The number of allylic oxidation sites excluding steroid dienone is 10. The first-order valence-corrected chi connectivity index (χ1v) is 21.7. The Kier molecular flexibility index (Phi) is 11.0. The molecule has 1 atom stereocenters. The second-order valence-corrected chi connectivity index (χ2v) is 18.2. The summed E-state index contributed by atoms with van der Waals surface area (Å²) in [4.78, 5) is 4.97. The number of rotatable bonds is 11. The Hall–Kier alpha value is -6.55. The first-order chi connectivity index (χ1) is 27.7. The largest absolute Gasteiger partial charge is 0.294 e. The monoisotopic (exact) mass is 738 g/mol. The molecule has 0 aliphatic heterocycles. The summed E-state index contributed by atoms with van der Waals surface area (Å²) in [5, 5.41) is 7.72. The highest BCUT2D eigenvalue weighted by Crippen LogP contribution is 2.32. The van der Waals surface area contributed by atoms with Gasteiger partial charge in [0.25, 0.3) is 0 Å². The van der Waals surface area contributed by atoms with Crippen LogP contribution >= 0.6 is 0 Å². The third-order valence-corrected chi connectivity index (χ3v) is 15.8. The highest BCUT2D eigenvalue weighted by Gasteiger charge is 2.38. The fourth-order valence-corrected chi connectivity index (χ4v) is 12.7. The summed E-state index contributed by atoms with van der Waals surface area (Å²) < 4.78 is 2.38. The maximum Gasteiger partial charge on any atom is 0.151 e. The number of aromatic nitrogens is 1.